The summed E-state index contributed by atoms with van der Waals surface area (Å²) in [6, 6.07) is 7.66. The van der Waals surface area contributed by atoms with Crippen LogP contribution in [0.2, 0.25) is 0 Å². The smallest absolute Gasteiger partial charge is 0.237 e. The van der Waals surface area contributed by atoms with Gasteiger partial charge in [0.25, 0.3) is 0 Å². The number of hydrogen-bond donors (Lipinski definition) is 2. The highest BCUT2D eigenvalue weighted by Crippen LogP contribution is 2.34. The minimum absolute atomic E-state index is 0.125. The maximum absolute atomic E-state index is 12.3. The predicted molar refractivity (Wildman–Crippen MR) is 102 cm³/mol. The lowest BCUT2D eigenvalue weighted by Gasteiger charge is -2.03. The lowest BCUT2D eigenvalue weighted by molar-refractivity contribution is -0.113. The van der Waals surface area contributed by atoms with E-state index in [0.29, 0.717) is 5.95 Å². The van der Waals surface area contributed by atoms with Gasteiger partial charge in [-0.1, -0.05) is 23.9 Å². The molecule has 0 aliphatic rings. The second kappa shape index (κ2) is 6.45. The quantitative estimate of drug-likeness (QED) is 0.421. The van der Waals surface area contributed by atoms with E-state index in [1.54, 1.807) is 17.7 Å². The Hall–Kier alpha value is -2.45. The molecule has 25 heavy (non-hydrogen) atoms. The molecule has 0 unspecified atom stereocenters. The van der Waals surface area contributed by atoms with E-state index in [1.165, 1.54) is 22.2 Å². The van der Waals surface area contributed by atoms with Gasteiger partial charge in [0.05, 0.1) is 16.8 Å². The molecule has 0 aliphatic carbocycles. The monoisotopic (exact) mass is 369 g/mol. The molecule has 0 saturated carbocycles. The third-order valence-electron chi connectivity index (χ3n) is 3.92. The number of nitrogens with zero attached hydrogens (tertiary/aromatic N) is 3. The van der Waals surface area contributed by atoms with Crippen LogP contribution in [0.3, 0.4) is 0 Å². The summed E-state index contributed by atoms with van der Waals surface area (Å²) in [5.41, 5.74) is 2.90. The van der Waals surface area contributed by atoms with Crippen LogP contribution in [0.4, 0.5) is 5.95 Å². The maximum atomic E-state index is 12.3. The molecular weight excluding hydrogens is 354 g/mol. The molecule has 1 aromatic carbocycles. The normalized spacial score (nSPS) is 11.3. The van der Waals surface area contributed by atoms with Gasteiger partial charge in [-0.2, -0.15) is 0 Å². The molecule has 0 fully saturated rings. The number of hydrogen-bond acceptors (Lipinski definition) is 6. The Balaban J connectivity index is 1.48. The lowest BCUT2D eigenvalue weighted by atomic mass is 10.2. The molecule has 2 N–H and O–H groups in total. The number of para-hydroxylation sites is 2. The number of thiophene rings is 1. The topological polar surface area (TPSA) is 83.6 Å². The highest BCUT2D eigenvalue weighted by molar-refractivity contribution is 8.00. The standard InChI is InChI=1S/C17H15N5OS2/c1-9-10(2)25-16-14(9)15(18-8-19-16)24-7-13(23)22-17-20-11-5-3-4-6-12(11)21-17/h3-6,8H,7H2,1-2H3,(H2,20,21,22,23). The number of fused-ring (bicyclic) bond motifs is 2. The molecule has 0 spiro atoms. The zero-order valence-corrected chi connectivity index (χ0v) is 15.3. The van der Waals surface area contributed by atoms with Crippen LogP contribution in [0, 0.1) is 13.8 Å². The maximum Gasteiger partial charge on any atom is 0.237 e. The molecule has 0 atom stereocenters. The number of imidazole rings is 1. The zero-order chi connectivity index (χ0) is 17.4. The summed E-state index contributed by atoms with van der Waals surface area (Å²) in [6.07, 6.45) is 1.55. The first-order chi connectivity index (χ1) is 12.1. The van der Waals surface area contributed by atoms with Crippen LogP contribution in [0.1, 0.15) is 10.4 Å². The van der Waals surface area contributed by atoms with Crippen LogP contribution in [-0.2, 0) is 4.79 Å². The van der Waals surface area contributed by atoms with E-state index in [1.807, 2.05) is 24.3 Å². The minimum atomic E-state index is -0.125. The van der Waals surface area contributed by atoms with E-state index in [2.05, 4.69) is 39.1 Å². The van der Waals surface area contributed by atoms with E-state index < -0.39 is 0 Å². The summed E-state index contributed by atoms with van der Waals surface area (Å²) in [7, 11) is 0. The van der Waals surface area contributed by atoms with E-state index in [-0.39, 0.29) is 11.7 Å². The van der Waals surface area contributed by atoms with Crippen LogP contribution in [0.15, 0.2) is 35.6 Å². The van der Waals surface area contributed by atoms with Gasteiger partial charge in [0.15, 0.2) is 0 Å². The molecule has 1 amide bonds. The highest BCUT2D eigenvalue weighted by atomic mass is 32.2. The van der Waals surface area contributed by atoms with Gasteiger partial charge in [-0.05, 0) is 31.5 Å². The number of aryl methyl sites for hydroxylation is 2. The molecule has 0 aliphatic heterocycles. The van der Waals surface area contributed by atoms with Gasteiger partial charge in [0.2, 0.25) is 11.9 Å². The van der Waals surface area contributed by atoms with Crippen molar-refractivity contribution in [3.63, 3.8) is 0 Å². The van der Waals surface area contributed by atoms with Gasteiger partial charge in [-0.15, -0.1) is 11.3 Å². The van der Waals surface area contributed by atoms with Crippen molar-refractivity contribution in [3.05, 3.63) is 41.0 Å². The van der Waals surface area contributed by atoms with E-state index in [0.717, 1.165) is 26.3 Å². The van der Waals surface area contributed by atoms with Crippen molar-refractivity contribution in [3.8, 4) is 0 Å². The second-order valence-corrected chi connectivity index (χ2v) is 7.75. The molecule has 3 aromatic heterocycles. The number of benzene rings is 1. The Morgan fingerprint density at radius 1 is 1.28 bits per heavy atom. The summed E-state index contributed by atoms with van der Waals surface area (Å²) in [5.74, 6) is 0.597. The van der Waals surface area contributed by atoms with Gasteiger partial charge < -0.3 is 4.98 Å². The molecule has 6 nitrogen and oxygen atoms in total. The van der Waals surface area contributed by atoms with Gasteiger partial charge >= 0.3 is 0 Å². The number of carbonyl (C=O) groups excluding carboxylic acids is 1. The fourth-order valence-corrected chi connectivity index (χ4v) is 4.49. The van der Waals surface area contributed by atoms with Crippen molar-refractivity contribution >= 4 is 56.2 Å². The van der Waals surface area contributed by atoms with E-state index in [4.69, 9.17) is 0 Å². The Kier molecular flexibility index (Phi) is 4.14. The molecule has 0 bridgehead atoms. The number of aromatic amines is 1. The summed E-state index contributed by atoms with van der Waals surface area (Å²) < 4.78 is 0. The molecule has 4 rings (SSSR count). The molecule has 126 valence electrons. The van der Waals surface area contributed by atoms with Gasteiger partial charge in [0, 0.05) is 10.3 Å². The number of thioether (sulfide) groups is 1. The minimum Gasteiger partial charge on any atom is -0.324 e. The van der Waals surface area contributed by atoms with Crippen LogP contribution < -0.4 is 5.32 Å². The fraction of sp³-hybridized carbons (Fsp3) is 0.176. The molecule has 0 saturated heterocycles. The van der Waals surface area contributed by atoms with E-state index >= 15 is 0 Å². The summed E-state index contributed by atoms with van der Waals surface area (Å²) in [5, 5.41) is 4.69. The second-order valence-electron chi connectivity index (χ2n) is 5.58. The Labute approximate surface area is 152 Å². The number of H-pyrrole nitrogens is 1. The summed E-state index contributed by atoms with van der Waals surface area (Å²) in [6.45, 7) is 4.14. The van der Waals surface area contributed by atoms with Crippen LogP contribution in [-0.4, -0.2) is 31.6 Å². The predicted octanol–water partition coefficient (Wildman–Crippen LogP) is 3.92. The molecular formula is C17H15N5OS2. The van der Waals surface area contributed by atoms with Crippen LogP contribution >= 0.6 is 23.1 Å². The zero-order valence-electron chi connectivity index (χ0n) is 13.7. The molecule has 3 heterocycles. The first-order valence-electron chi connectivity index (χ1n) is 7.70. The molecule has 4 aromatic rings. The van der Waals surface area contributed by atoms with Crippen molar-refractivity contribution in [2.24, 2.45) is 0 Å². The first-order valence-corrected chi connectivity index (χ1v) is 9.50. The Morgan fingerprint density at radius 3 is 2.96 bits per heavy atom. The van der Waals surface area contributed by atoms with Crippen LogP contribution in [0.5, 0.6) is 0 Å². The van der Waals surface area contributed by atoms with E-state index in [9.17, 15) is 4.79 Å². The van der Waals surface area contributed by atoms with Crippen molar-refractivity contribution in [1.82, 2.24) is 19.9 Å². The number of anilines is 1. The first kappa shape index (κ1) is 16.0. The van der Waals surface area contributed by atoms with Crippen molar-refractivity contribution in [2.45, 2.75) is 18.9 Å². The van der Waals surface area contributed by atoms with Gasteiger partial charge in [-0.25, -0.2) is 15.0 Å². The van der Waals surface area contributed by atoms with Gasteiger partial charge in [-0.3, -0.25) is 10.1 Å². The number of rotatable bonds is 4. The molecule has 0 radical (unpaired) electrons. The average Bonchev–Trinajstić information content (AvgIpc) is 3.13. The molecule has 8 heteroatoms. The van der Waals surface area contributed by atoms with Crippen molar-refractivity contribution < 1.29 is 4.79 Å². The average molecular weight is 369 g/mol. The number of nitrogens with one attached hydrogen (secondary N) is 2. The summed E-state index contributed by atoms with van der Waals surface area (Å²) in [4.78, 5) is 30.6. The third kappa shape index (κ3) is 3.10. The number of carbonyl (C=O) groups is 1. The van der Waals surface area contributed by atoms with Crippen molar-refractivity contribution in [1.29, 1.82) is 0 Å². The number of aromatic nitrogens is 4. The van der Waals surface area contributed by atoms with Crippen LogP contribution in [0.25, 0.3) is 21.3 Å². The largest absolute Gasteiger partial charge is 0.324 e. The third-order valence-corrected chi connectivity index (χ3v) is 6.02. The van der Waals surface area contributed by atoms with Crippen molar-refractivity contribution in [2.75, 3.05) is 11.1 Å². The number of amides is 1. The SMILES string of the molecule is Cc1sc2ncnc(SCC(=O)Nc3nc4ccccc4[nH]3)c2c1C. The Morgan fingerprint density at radius 2 is 2.12 bits per heavy atom. The lowest BCUT2D eigenvalue weighted by Crippen LogP contribution is -2.15. The Bertz CT molecular complexity index is 1050. The fourth-order valence-electron chi connectivity index (χ4n) is 2.57. The summed E-state index contributed by atoms with van der Waals surface area (Å²) >= 11 is 3.07. The van der Waals surface area contributed by atoms with Gasteiger partial charge in [0.1, 0.15) is 16.2 Å². The highest BCUT2D eigenvalue weighted by Gasteiger charge is 2.14.